The molecule has 0 bridgehead atoms. The Kier molecular flexibility index (Phi) is 2.94. The van der Waals surface area contributed by atoms with Gasteiger partial charge in [-0.05, 0) is 30.1 Å². The second kappa shape index (κ2) is 3.82. The number of rotatable bonds is 0. The van der Waals surface area contributed by atoms with Crippen molar-refractivity contribution in [2.45, 2.75) is 71.0 Å². The Balaban J connectivity index is 2.20. The molecule has 86 valence electrons. The van der Waals surface area contributed by atoms with Crippen molar-refractivity contribution >= 4 is 7.85 Å². The maximum Gasteiger partial charge on any atom is 0.109 e. The van der Waals surface area contributed by atoms with Gasteiger partial charge in [0.25, 0.3) is 0 Å². The highest BCUT2D eigenvalue weighted by Crippen LogP contribution is 2.55. The smallest absolute Gasteiger partial charge is 0.0669 e. The highest BCUT2D eigenvalue weighted by Gasteiger charge is 2.43. The summed E-state index contributed by atoms with van der Waals surface area (Å²) in [6.45, 7) is 7.54. The van der Waals surface area contributed by atoms with E-state index >= 15 is 0 Å². The van der Waals surface area contributed by atoms with E-state index < -0.39 is 0 Å². The van der Waals surface area contributed by atoms with Crippen LogP contribution in [0.4, 0.5) is 0 Å². The van der Waals surface area contributed by atoms with Gasteiger partial charge in [-0.15, -0.1) is 0 Å². The van der Waals surface area contributed by atoms with Crippen molar-refractivity contribution < 1.29 is 0 Å². The second-order valence-corrected chi connectivity index (χ2v) is 7.52. The van der Waals surface area contributed by atoms with Crippen molar-refractivity contribution in [1.29, 1.82) is 0 Å². The Labute approximate surface area is 96.6 Å². The van der Waals surface area contributed by atoms with E-state index in [9.17, 15) is 0 Å². The van der Waals surface area contributed by atoms with Crippen LogP contribution in [-0.4, -0.2) is 7.85 Å². The molecule has 0 nitrogen and oxygen atoms in total. The lowest BCUT2D eigenvalue weighted by Crippen LogP contribution is -2.32. The molecule has 0 aliphatic heterocycles. The van der Waals surface area contributed by atoms with Gasteiger partial charge < -0.3 is 0 Å². The fourth-order valence-electron chi connectivity index (χ4n) is 4.61. The van der Waals surface area contributed by atoms with E-state index in [4.69, 9.17) is 0 Å². The zero-order valence-electron chi connectivity index (χ0n) is 11.1. The van der Waals surface area contributed by atoms with E-state index in [1.165, 1.54) is 44.9 Å². The summed E-state index contributed by atoms with van der Waals surface area (Å²) in [7, 11) is 2.48. The molecule has 15 heavy (non-hydrogen) atoms. The lowest BCUT2D eigenvalue weighted by molar-refractivity contribution is 0.0927. The van der Waals surface area contributed by atoms with Crippen LogP contribution in [0.5, 0.6) is 0 Å². The van der Waals surface area contributed by atoms with E-state index in [1.54, 1.807) is 0 Å². The normalized spacial score (nSPS) is 45.5. The number of fused-ring (bicyclic) bond motifs is 1. The minimum atomic E-state index is 0.584. The molecular formula is C14H27B. The highest BCUT2D eigenvalue weighted by atomic mass is 14.5. The standard InChI is InChI=1S/C14H27B/c1-13(2)10-14(3,15)9-8-11-6-4-5-7-12(11)13/h11-12H,4-10,15H2,1-3H3/t11?,12-,14?/m0/s1. The van der Waals surface area contributed by atoms with Crippen LogP contribution in [0.2, 0.25) is 5.31 Å². The molecule has 2 aliphatic rings. The summed E-state index contributed by atoms with van der Waals surface area (Å²) in [5.74, 6) is 2.07. The van der Waals surface area contributed by atoms with E-state index in [0.717, 1.165) is 11.8 Å². The van der Waals surface area contributed by atoms with Crippen LogP contribution in [0.3, 0.4) is 0 Å². The monoisotopic (exact) mass is 206 g/mol. The summed E-state index contributed by atoms with van der Waals surface area (Å²) in [4.78, 5) is 0. The molecule has 0 amide bonds. The second-order valence-electron chi connectivity index (χ2n) is 7.52. The van der Waals surface area contributed by atoms with Crippen molar-refractivity contribution in [3.05, 3.63) is 0 Å². The Bertz CT molecular complexity index is 229. The molecule has 2 aliphatic carbocycles. The fraction of sp³-hybridized carbons (Fsp3) is 1.00. The summed E-state index contributed by atoms with van der Waals surface area (Å²) < 4.78 is 0. The minimum Gasteiger partial charge on any atom is -0.0669 e. The van der Waals surface area contributed by atoms with Gasteiger partial charge >= 0.3 is 0 Å². The Morgan fingerprint density at radius 2 is 1.67 bits per heavy atom. The molecule has 0 saturated heterocycles. The average molecular weight is 206 g/mol. The SMILES string of the molecule is BC1(C)CCC2CCCC[C@@H]2C(C)(C)C1. The molecule has 0 aromatic carbocycles. The van der Waals surface area contributed by atoms with Crippen LogP contribution in [0.25, 0.3) is 0 Å². The summed E-state index contributed by atoms with van der Waals surface area (Å²) in [6, 6.07) is 0. The first-order valence-corrected chi connectivity index (χ1v) is 6.91. The summed E-state index contributed by atoms with van der Waals surface area (Å²) in [5.41, 5.74) is 0.588. The number of hydrogen-bond donors (Lipinski definition) is 0. The molecule has 2 rings (SSSR count). The van der Waals surface area contributed by atoms with Crippen LogP contribution in [-0.2, 0) is 0 Å². The summed E-state index contributed by atoms with van der Waals surface area (Å²) in [6.07, 6.45) is 10.4. The third kappa shape index (κ3) is 2.42. The molecule has 0 aromatic heterocycles. The van der Waals surface area contributed by atoms with Crippen molar-refractivity contribution in [2.75, 3.05) is 0 Å². The van der Waals surface area contributed by atoms with E-state index in [0.29, 0.717) is 10.7 Å². The fourth-order valence-corrected chi connectivity index (χ4v) is 4.61. The first-order chi connectivity index (χ1) is 6.91. The molecule has 0 N–H and O–H groups in total. The maximum absolute atomic E-state index is 2.53. The lowest BCUT2D eigenvalue weighted by atomic mass is 9.58. The highest BCUT2D eigenvalue weighted by molar-refractivity contribution is 6.14. The Hall–Kier alpha value is 0.0649. The molecule has 1 heteroatoms. The molecule has 2 unspecified atom stereocenters. The first-order valence-electron chi connectivity index (χ1n) is 6.91. The van der Waals surface area contributed by atoms with Crippen molar-refractivity contribution in [3.8, 4) is 0 Å². The molecule has 0 radical (unpaired) electrons. The third-order valence-electron chi connectivity index (χ3n) is 5.04. The number of hydrogen-bond acceptors (Lipinski definition) is 0. The zero-order chi connectivity index (χ0) is 11.1. The van der Waals surface area contributed by atoms with Crippen LogP contribution < -0.4 is 0 Å². The van der Waals surface area contributed by atoms with E-state index in [2.05, 4.69) is 28.6 Å². The molecule has 2 fully saturated rings. The van der Waals surface area contributed by atoms with Gasteiger partial charge in [-0.25, -0.2) is 0 Å². The summed E-state index contributed by atoms with van der Waals surface area (Å²) >= 11 is 0. The van der Waals surface area contributed by atoms with Crippen molar-refractivity contribution in [1.82, 2.24) is 0 Å². The van der Waals surface area contributed by atoms with Gasteiger partial charge in [0.05, 0.1) is 0 Å². The van der Waals surface area contributed by atoms with Gasteiger partial charge in [0.2, 0.25) is 0 Å². The van der Waals surface area contributed by atoms with Crippen molar-refractivity contribution in [3.63, 3.8) is 0 Å². The van der Waals surface area contributed by atoms with Crippen LogP contribution >= 0.6 is 0 Å². The molecular weight excluding hydrogens is 179 g/mol. The van der Waals surface area contributed by atoms with Gasteiger partial charge in [-0.3, -0.25) is 0 Å². The topological polar surface area (TPSA) is 0 Å². The lowest BCUT2D eigenvalue weighted by Gasteiger charge is -2.42. The molecule has 0 aromatic rings. The van der Waals surface area contributed by atoms with Crippen molar-refractivity contribution in [2.24, 2.45) is 17.3 Å². The van der Waals surface area contributed by atoms with Gasteiger partial charge in [0.15, 0.2) is 0 Å². The van der Waals surface area contributed by atoms with E-state index in [-0.39, 0.29) is 0 Å². The predicted octanol–water partition coefficient (Wildman–Crippen LogP) is 3.81. The van der Waals surface area contributed by atoms with Crippen LogP contribution in [0.1, 0.15) is 65.7 Å². The van der Waals surface area contributed by atoms with Crippen LogP contribution in [0.15, 0.2) is 0 Å². The summed E-state index contributed by atoms with van der Waals surface area (Å²) in [5, 5.41) is 0.584. The average Bonchev–Trinajstić information content (AvgIpc) is 2.22. The molecule has 3 atom stereocenters. The zero-order valence-corrected chi connectivity index (χ0v) is 11.1. The molecule has 2 saturated carbocycles. The molecule has 0 heterocycles. The quantitative estimate of drug-likeness (QED) is 0.528. The van der Waals surface area contributed by atoms with Gasteiger partial charge in [-0.2, -0.15) is 0 Å². The van der Waals surface area contributed by atoms with Gasteiger partial charge in [0.1, 0.15) is 7.85 Å². The predicted molar refractivity (Wildman–Crippen MR) is 70.0 cm³/mol. The largest absolute Gasteiger partial charge is 0.109 e. The minimum absolute atomic E-state index is 0.584. The van der Waals surface area contributed by atoms with Crippen LogP contribution in [0, 0.1) is 17.3 Å². The van der Waals surface area contributed by atoms with Gasteiger partial charge in [-0.1, -0.05) is 58.2 Å². The van der Waals surface area contributed by atoms with E-state index in [1.807, 2.05) is 0 Å². The Morgan fingerprint density at radius 1 is 1.00 bits per heavy atom. The third-order valence-corrected chi connectivity index (χ3v) is 5.04. The molecule has 0 spiro atoms. The van der Waals surface area contributed by atoms with Gasteiger partial charge in [0, 0.05) is 0 Å². The maximum atomic E-state index is 2.53. The Morgan fingerprint density at radius 3 is 2.40 bits per heavy atom. The first kappa shape index (κ1) is 11.5.